The van der Waals surface area contributed by atoms with Gasteiger partial charge in [0.05, 0.1) is 6.10 Å². The molecule has 2 saturated heterocycles. The van der Waals surface area contributed by atoms with Gasteiger partial charge in [-0.25, -0.2) is 0 Å². The zero-order valence-corrected chi connectivity index (χ0v) is 12.8. The summed E-state index contributed by atoms with van der Waals surface area (Å²) in [5.74, 6) is -0.395. The minimum atomic E-state index is -4.41. The Morgan fingerprint density at radius 2 is 1.95 bits per heavy atom. The van der Waals surface area contributed by atoms with Crippen LogP contribution < -0.4 is 0 Å². The lowest BCUT2D eigenvalue weighted by Gasteiger charge is -2.28. The fraction of sp³-hybridized carbons (Fsp3) is 0.929. The van der Waals surface area contributed by atoms with Gasteiger partial charge in [0.15, 0.2) is 0 Å². The Balaban J connectivity index is 1.85. The summed E-state index contributed by atoms with van der Waals surface area (Å²) in [5.41, 5.74) is 0. The third-order valence-corrected chi connectivity index (χ3v) is 4.19. The van der Waals surface area contributed by atoms with E-state index in [1.807, 2.05) is 0 Å². The standard InChI is InChI=1S/C14H23F3N2O3/c1-21-12-6-11(7-18-4-2-3-5-18)19(8-12)13(20)9-22-10-14(15,16)17/h11-12H,2-10H2,1H3/t11-,12-/m0/s1. The fourth-order valence-electron chi connectivity index (χ4n) is 3.12. The van der Waals surface area contributed by atoms with Crippen molar-refractivity contribution in [3.05, 3.63) is 0 Å². The van der Waals surface area contributed by atoms with Crippen LogP contribution in [0, 0.1) is 0 Å². The second-order valence-corrected chi connectivity index (χ2v) is 5.91. The minimum Gasteiger partial charge on any atom is -0.380 e. The van der Waals surface area contributed by atoms with E-state index in [-0.39, 0.29) is 12.1 Å². The molecule has 0 bridgehead atoms. The summed E-state index contributed by atoms with van der Waals surface area (Å²) in [6, 6.07) is -0.00923. The predicted octanol–water partition coefficient (Wildman–Crippen LogP) is 1.28. The monoisotopic (exact) mass is 324 g/mol. The predicted molar refractivity (Wildman–Crippen MR) is 73.5 cm³/mol. The van der Waals surface area contributed by atoms with Crippen molar-refractivity contribution in [3.63, 3.8) is 0 Å². The van der Waals surface area contributed by atoms with Crippen LogP contribution in [0.25, 0.3) is 0 Å². The topological polar surface area (TPSA) is 42.0 Å². The Morgan fingerprint density at radius 3 is 2.55 bits per heavy atom. The van der Waals surface area contributed by atoms with Gasteiger partial charge in [-0.1, -0.05) is 0 Å². The molecular formula is C14H23F3N2O3. The molecule has 5 nitrogen and oxygen atoms in total. The molecule has 8 heteroatoms. The molecule has 1 amide bonds. The number of ether oxygens (including phenoxy) is 2. The summed E-state index contributed by atoms with van der Waals surface area (Å²) in [5, 5.41) is 0. The SMILES string of the molecule is CO[C@H]1C[C@@H](CN2CCCC2)N(C(=O)COCC(F)(F)F)C1. The lowest BCUT2D eigenvalue weighted by Crippen LogP contribution is -2.44. The van der Waals surface area contributed by atoms with Gasteiger partial charge in [-0.3, -0.25) is 4.79 Å². The average Bonchev–Trinajstić information content (AvgIpc) is 3.07. The zero-order valence-electron chi connectivity index (χ0n) is 12.8. The number of methoxy groups -OCH3 is 1. The summed E-state index contributed by atoms with van der Waals surface area (Å²) >= 11 is 0. The lowest BCUT2D eigenvalue weighted by molar-refractivity contribution is -0.178. The van der Waals surface area contributed by atoms with Crippen molar-refractivity contribution in [3.8, 4) is 0 Å². The first-order valence-electron chi connectivity index (χ1n) is 7.58. The van der Waals surface area contributed by atoms with Crippen LogP contribution in [0.5, 0.6) is 0 Å². The van der Waals surface area contributed by atoms with E-state index in [0.29, 0.717) is 6.54 Å². The summed E-state index contributed by atoms with van der Waals surface area (Å²) < 4.78 is 46.0. The summed E-state index contributed by atoms with van der Waals surface area (Å²) in [6.07, 6.45) is -1.43. The van der Waals surface area contributed by atoms with Crippen LogP contribution in [-0.2, 0) is 14.3 Å². The molecule has 2 aliphatic heterocycles. The van der Waals surface area contributed by atoms with Crippen molar-refractivity contribution in [2.24, 2.45) is 0 Å². The van der Waals surface area contributed by atoms with Crippen molar-refractivity contribution < 1.29 is 27.4 Å². The minimum absolute atomic E-state index is 0.00923. The molecule has 0 saturated carbocycles. The Kier molecular flexibility index (Phi) is 6.05. The number of hydrogen-bond acceptors (Lipinski definition) is 4. The molecule has 128 valence electrons. The van der Waals surface area contributed by atoms with Crippen LogP contribution in [-0.4, -0.2) is 80.5 Å². The smallest absolute Gasteiger partial charge is 0.380 e. The Morgan fingerprint density at radius 1 is 1.27 bits per heavy atom. The van der Waals surface area contributed by atoms with Crippen LogP contribution in [0.2, 0.25) is 0 Å². The number of alkyl halides is 3. The van der Waals surface area contributed by atoms with Crippen molar-refractivity contribution >= 4 is 5.91 Å². The highest BCUT2D eigenvalue weighted by Crippen LogP contribution is 2.23. The molecule has 2 atom stereocenters. The normalized spacial score (nSPS) is 26.8. The molecule has 22 heavy (non-hydrogen) atoms. The van der Waals surface area contributed by atoms with E-state index < -0.39 is 25.3 Å². The highest BCUT2D eigenvalue weighted by atomic mass is 19.4. The third-order valence-electron chi connectivity index (χ3n) is 4.19. The molecule has 0 aromatic rings. The highest BCUT2D eigenvalue weighted by molar-refractivity contribution is 5.78. The fourth-order valence-corrected chi connectivity index (χ4v) is 3.12. The van der Waals surface area contributed by atoms with Gasteiger partial charge in [0.2, 0.25) is 5.91 Å². The first-order valence-corrected chi connectivity index (χ1v) is 7.58. The number of halogens is 3. The maximum atomic E-state index is 12.1. The molecule has 0 N–H and O–H groups in total. The first-order chi connectivity index (χ1) is 10.4. The number of carbonyl (C=O) groups excluding carboxylic acids is 1. The number of amides is 1. The van der Waals surface area contributed by atoms with Crippen LogP contribution in [0.4, 0.5) is 13.2 Å². The van der Waals surface area contributed by atoms with Crippen LogP contribution in [0.3, 0.4) is 0 Å². The zero-order chi connectivity index (χ0) is 16.2. The molecule has 2 aliphatic rings. The van der Waals surface area contributed by atoms with Gasteiger partial charge in [-0.15, -0.1) is 0 Å². The van der Waals surface area contributed by atoms with E-state index in [4.69, 9.17) is 4.74 Å². The van der Waals surface area contributed by atoms with Gasteiger partial charge in [0, 0.05) is 26.2 Å². The van der Waals surface area contributed by atoms with Gasteiger partial charge in [-0.2, -0.15) is 13.2 Å². The van der Waals surface area contributed by atoms with Gasteiger partial charge < -0.3 is 19.3 Å². The van der Waals surface area contributed by atoms with E-state index in [9.17, 15) is 18.0 Å². The van der Waals surface area contributed by atoms with Crippen LogP contribution in [0.15, 0.2) is 0 Å². The van der Waals surface area contributed by atoms with Crippen molar-refractivity contribution in [2.45, 2.75) is 37.6 Å². The van der Waals surface area contributed by atoms with Gasteiger partial charge in [-0.05, 0) is 32.4 Å². The third kappa shape index (κ3) is 5.10. The first kappa shape index (κ1) is 17.5. The molecular weight excluding hydrogens is 301 g/mol. The average molecular weight is 324 g/mol. The van der Waals surface area contributed by atoms with E-state index in [1.54, 1.807) is 12.0 Å². The molecule has 0 spiro atoms. The van der Waals surface area contributed by atoms with Gasteiger partial charge in [0.25, 0.3) is 0 Å². The maximum absolute atomic E-state index is 12.1. The quantitative estimate of drug-likeness (QED) is 0.738. The molecule has 0 radical (unpaired) electrons. The Hall–Kier alpha value is -0.860. The Labute approximate surface area is 128 Å². The van der Waals surface area contributed by atoms with Crippen molar-refractivity contribution in [1.29, 1.82) is 0 Å². The number of hydrogen-bond donors (Lipinski definition) is 0. The molecule has 0 aromatic heterocycles. The Bertz CT molecular complexity index is 373. The van der Waals surface area contributed by atoms with Gasteiger partial charge >= 0.3 is 6.18 Å². The number of rotatable bonds is 6. The second kappa shape index (κ2) is 7.61. The molecule has 2 heterocycles. The molecule has 0 unspecified atom stereocenters. The lowest BCUT2D eigenvalue weighted by atomic mass is 10.2. The molecule has 2 rings (SSSR count). The number of likely N-dealkylation sites (tertiary alicyclic amines) is 2. The second-order valence-electron chi connectivity index (χ2n) is 5.91. The molecule has 2 fully saturated rings. The van der Waals surface area contributed by atoms with Crippen LogP contribution in [0.1, 0.15) is 19.3 Å². The van der Waals surface area contributed by atoms with E-state index in [0.717, 1.165) is 38.9 Å². The summed E-state index contributed by atoms with van der Waals surface area (Å²) in [4.78, 5) is 16.0. The van der Waals surface area contributed by atoms with E-state index >= 15 is 0 Å². The number of nitrogens with zero attached hydrogens (tertiary/aromatic N) is 2. The maximum Gasteiger partial charge on any atom is 0.411 e. The molecule has 0 aromatic carbocycles. The number of carbonyl (C=O) groups is 1. The van der Waals surface area contributed by atoms with Crippen molar-refractivity contribution in [1.82, 2.24) is 9.80 Å². The van der Waals surface area contributed by atoms with E-state index in [2.05, 4.69) is 9.64 Å². The van der Waals surface area contributed by atoms with Gasteiger partial charge in [0.1, 0.15) is 13.2 Å². The van der Waals surface area contributed by atoms with E-state index in [1.165, 1.54) is 0 Å². The van der Waals surface area contributed by atoms with Crippen molar-refractivity contribution in [2.75, 3.05) is 46.5 Å². The summed E-state index contributed by atoms with van der Waals surface area (Å²) in [6.45, 7) is 1.28. The highest BCUT2D eigenvalue weighted by Gasteiger charge is 2.37. The largest absolute Gasteiger partial charge is 0.411 e. The molecule has 0 aliphatic carbocycles. The summed E-state index contributed by atoms with van der Waals surface area (Å²) in [7, 11) is 1.59. The van der Waals surface area contributed by atoms with Crippen LogP contribution >= 0.6 is 0 Å².